The van der Waals surface area contributed by atoms with E-state index in [1.807, 2.05) is 26.0 Å². The SMILES string of the molecule is Cc1cc(C(Cl)c2ccc(F)cc2)c(C)cc1Cl. The van der Waals surface area contributed by atoms with Crippen LogP contribution in [0.5, 0.6) is 0 Å². The molecule has 1 unspecified atom stereocenters. The van der Waals surface area contributed by atoms with Crippen LogP contribution in [0.1, 0.15) is 27.6 Å². The average molecular weight is 283 g/mol. The molecule has 0 bridgehead atoms. The maximum absolute atomic E-state index is 12.9. The second-order valence-electron chi connectivity index (χ2n) is 4.37. The Morgan fingerprint density at radius 2 is 1.61 bits per heavy atom. The van der Waals surface area contributed by atoms with Crippen molar-refractivity contribution < 1.29 is 4.39 Å². The summed E-state index contributed by atoms with van der Waals surface area (Å²) < 4.78 is 12.9. The molecule has 2 aromatic rings. The normalized spacial score (nSPS) is 12.5. The number of alkyl halides is 1. The van der Waals surface area contributed by atoms with E-state index in [9.17, 15) is 4.39 Å². The summed E-state index contributed by atoms with van der Waals surface area (Å²) in [5, 5.41) is 0.445. The highest BCUT2D eigenvalue weighted by atomic mass is 35.5. The van der Waals surface area contributed by atoms with Crippen LogP contribution in [0.25, 0.3) is 0 Å². The fraction of sp³-hybridized carbons (Fsp3) is 0.200. The van der Waals surface area contributed by atoms with E-state index >= 15 is 0 Å². The molecule has 3 heteroatoms. The second-order valence-corrected chi connectivity index (χ2v) is 5.22. The Morgan fingerprint density at radius 1 is 1.00 bits per heavy atom. The van der Waals surface area contributed by atoms with E-state index in [-0.39, 0.29) is 11.2 Å². The maximum atomic E-state index is 12.9. The summed E-state index contributed by atoms with van der Waals surface area (Å²) in [7, 11) is 0. The van der Waals surface area contributed by atoms with E-state index in [2.05, 4.69) is 0 Å². The van der Waals surface area contributed by atoms with Gasteiger partial charge in [-0.05, 0) is 54.3 Å². The minimum absolute atomic E-state index is 0.258. The molecule has 0 heterocycles. The molecule has 0 aliphatic rings. The molecule has 0 aromatic heterocycles. The van der Waals surface area contributed by atoms with Gasteiger partial charge in [0.05, 0.1) is 5.38 Å². The molecular formula is C15H13Cl2F. The van der Waals surface area contributed by atoms with Crippen LogP contribution in [0, 0.1) is 19.7 Å². The zero-order valence-electron chi connectivity index (χ0n) is 10.2. The minimum Gasteiger partial charge on any atom is -0.207 e. The third-order valence-corrected chi connectivity index (χ3v) is 3.88. The summed E-state index contributed by atoms with van der Waals surface area (Å²) in [6.45, 7) is 3.92. The molecule has 0 N–H and O–H groups in total. The van der Waals surface area contributed by atoms with Gasteiger partial charge in [0, 0.05) is 5.02 Å². The van der Waals surface area contributed by atoms with Gasteiger partial charge in [0.1, 0.15) is 5.82 Å². The van der Waals surface area contributed by atoms with Gasteiger partial charge in [-0.2, -0.15) is 0 Å². The molecule has 2 rings (SSSR count). The van der Waals surface area contributed by atoms with Crippen LogP contribution >= 0.6 is 23.2 Å². The van der Waals surface area contributed by atoms with Crippen molar-refractivity contribution in [2.45, 2.75) is 19.2 Å². The van der Waals surface area contributed by atoms with Gasteiger partial charge in [0.2, 0.25) is 0 Å². The summed E-state index contributed by atoms with van der Waals surface area (Å²) in [4.78, 5) is 0. The number of hydrogen-bond acceptors (Lipinski definition) is 0. The summed E-state index contributed by atoms with van der Waals surface area (Å²) in [6.07, 6.45) is 0. The monoisotopic (exact) mass is 282 g/mol. The Morgan fingerprint density at radius 3 is 2.22 bits per heavy atom. The molecule has 94 valence electrons. The first-order chi connectivity index (χ1) is 8.49. The fourth-order valence-corrected chi connectivity index (χ4v) is 2.49. The lowest BCUT2D eigenvalue weighted by Gasteiger charge is -2.15. The molecule has 18 heavy (non-hydrogen) atoms. The Labute approximate surface area is 116 Å². The van der Waals surface area contributed by atoms with E-state index in [4.69, 9.17) is 23.2 Å². The molecule has 0 nitrogen and oxygen atoms in total. The summed E-state index contributed by atoms with van der Waals surface area (Å²) in [5.41, 5.74) is 3.91. The number of aryl methyl sites for hydroxylation is 2. The molecule has 0 aliphatic heterocycles. The van der Waals surface area contributed by atoms with Gasteiger partial charge in [-0.3, -0.25) is 0 Å². The van der Waals surface area contributed by atoms with Crippen molar-refractivity contribution in [1.82, 2.24) is 0 Å². The molecule has 0 fully saturated rings. The Kier molecular flexibility index (Phi) is 3.94. The van der Waals surface area contributed by atoms with E-state index in [1.54, 1.807) is 12.1 Å². The first kappa shape index (κ1) is 13.4. The molecule has 0 aliphatic carbocycles. The van der Waals surface area contributed by atoms with E-state index in [0.717, 1.165) is 27.3 Å². The number of rotatable bonds is 2. The highest BCUT2D eigenvalue weighted by Gasteiger charge is 2.14. The molecule has 0 radical (unpaired) electrons. The Hall–Kier alpha value is -1.05. The molecule has 0 saturated carbocycles. The predicted molar refractivity (Wildman–Crippen MR) is 75.0 cm³/mol. The summed E-state index contributed by atoms with van der Waals surface area (Å²) in [5.74, 6) is -0.258. The maximum Gasteiger partial charge on any atom is 0.123 e. The van der Waals surface area contributed by atoms with Crippen molar-refractivity contribution in [2.75, 3.05) is 0 Å². The highest BCUT2D eigenvalue weighted by molar-refractivity contribution is 6.31. The molecule has 1 atom stereocenters. The zero-order chi connectivity index (χ0) is 13.3. The van der Waals surface area contributed by atoms with Crippen LogP contribution in [0.3, 0.4) is 0 Å². The Bertz CT molecular complexity index is 561. The largest absolute Gasteiger partial charge is 0.207 e. The van der Waals surface area contributed by atoms with Crippen molar-refractivity contribution in [3.63, 3.8) is 0 Å². The lowest BCUT2D eigenvalue weighted by molar-refractivity contribution is 0.627. The quantitative estimate of drug-likeness (QED) is 0.645. The van der Waals surface area contributed by atoms with Crippen LogP contribution in [0.2, 0.25) is 5.02 Å². The lowest BCUT2D eigenvalue weighted by atomic mass is 9.98. The topological polar surface area (TPSA) is 0 Å². The van der Waals surface area contributed by atoms with Crippen molar-refractivity contribution >= 4 is 23.2 Å². The van der Waals surface area contributed by atoms with Gasteiger partial charge >= 0.3 is 0 Å². The van der Waals surface area contributed by atoms with Gasteiger partial charge in [0.15, 0.2) is 0 Å². The molecule has 0 saturated heterocycles. The average Bonchev–Trinajstić information content (AvgIpc) is 2.34. The fourth-order valence-electron chi connectivity index (χ4n) is 1.89. The summed E-state index contributed by atoms with van der Waals surface area (Å²) >= 11 is 12.5. The van der Waals surface area contributed by atoms with Crippen molar-refractivity contribution in [1.29, 1.82) is 0 Å². The highest BCUT2D eigenvalue weighted by Crippen LogP contribution is 2.33. The molecular weight excluding hydrogens is 270 g/mol. The zero-order valence-corrected chi connectivity index (χ0v) is 11.7. The summed E-state index contributed by atoms with van der Waals surface area (Å²) in [6, 6.07) is 10.1. The van der Waals surface area contributed by atoms with Crippen LogP contribution in [0.4, 0.5) is 4.39 Å². The lowest BCUT2D eigenvalue weighted by Crippen LogP contribution is -1.97. The van der Waals surface area contributed by atoms with E-state index < -0.39 is 0 Å². The first-order valence-corrected chi connectivity index (χ1v) is 6.46. The van der Waals surface area contributed by atoms with Crippen molar-refractivity contribution in [3.05, 3.63) is 69.5 Å². The predicted octanol–water partition coefficient (Wildman–Crippen LogP) is 5.42. The second kappa shape index (κ2) is 5.29. The molecule has 0 amide bonds. The van der Waals surface area contributed by atoms with Crippen LogP contribution in [0.15, 0.2) is 36.4 Å². The third kappa shape index (κ3) is 2.68. The molecule has 2 aromatic carbocycles. The number of benzene rings is 2. The van der Waals surface area contributed by atoms with Crippen LogP contribution in [-0.2, 0) is 0 Å². The van der Waals surface area contributed by atoms with Gasteiger partial charge in [-0.15, -0.1) is 11.6 Å². The number of hydrogen-bond donors (Lipinski definition) is 0. The number of halogens is 3. The van der Waals surface area contributed by atoms with Gasteiger partial charge in [0.25, 0.3) is 0 Å². The van der Waals surface area contributed by atoms with Crippen LogP contribution in [-0.4, -0.2) is 0 Å². The standard InChI is InChI=1S/C15H13Cl2F/c1-9-8-14(16)10(2)7-13(9)15(17)11-3-5-12(18)6-4-11/h3-8,15H,1-2H3. The van der Waals surface area contributed by atoms with E-state index in [1.165, 1.54) is 12.1 Å². The van der Waals surface area contributed by atoms with Crippen LogP contribution < -0.4 is 0 Å². The smallest absolute Gasteiger partial charge is 0.123 e. The minimum atomic E-state index is -0.290. The van der Waals surface area contributed by atoms with Gasteiger partial charge in [-0.25, -0.2) is 4.39 Å². The van der Waals surface area contributed by atoms with E-state index in [0.29, 0.717) is 0 Å². The van der Waals surface area contributed by atoms with Gasteiger partial charge in [-0.1, -0.05) is 29.8 Å². The van der Waals surface area contributed by atoms with Crippen molar-refractivity contribution in [3.8, 4) is 0 Å². The molecule has 0 spiro atoms. The van der Waals surface area contributed by atoms with Crippen molar-refractivity contribution in [2.24, 2.45) is 0 Å². The van der Waals surface area contributed by atoms with Gasteiger partial charge < -0.3 is 0 Å². The third-order valence-electron chi connectivity index (χ3n) is 2.98. The first-order valence-electron chi connectivity index (χ1n) is 5.65. The Balaban J connectivity index is 2.42.